The van der Waals surface area contributed by atoms with E-state index in [1.165, 1.54) is 4.31 Å². The number of ether oxygens (including phenoxy) is 2. The van der Waals surface area contributed by atoms with E-state index >= 15 is 0 Å². The molecule has 1 amide bonds. The van der Waals surface area contributed by atoms with E-state index in [0.29, 0.717) is 31.1 Å². The Morgan fingerprint density at radius 2 is 1.73 bits per heavy atom. The molecule has 1 N–H and O–H groups in total. The summed E-state index contributed by atoms with van der Waals surface area (Å²) in [7, 11) is -3.42. The number of hydrogen-bond donors (Lipinski definition) is 1. The number of benzene rings is 2. The van der Waals surface area contributed by atoms with Crippen LogP contribution in [-0.2, 0) is 14.8 Å². The molecule has 0 aromatic heterocycles. The second-order valence-electron chi connectivity index (χ2n) is 7.34. The van der Waals surface area contributed by atoms with E-state index in [2.05, 4.69) is 5.32 Å². The van der Waals surface area contributed by atoms with E-state index < -0.39 is 10.0 Å². The van der Waals surface area contributed by atoms with Crippen LogP contribution in [0.15, 0.2) is 47.4 Å². The SMILES string of the molecule is Cc1ccc(OCC(=O)NCCOc2ccc(S(=O)(=O)N3CCCC3)cc2)c(C)c1. The topological polar surface area (TPSA) is 84.9 Å². The molecule has 1 saturated heterocycles. The fraction of sp³-hybridized carbons (Fsp3) is 0.409. The molecule has 0 bridgehead atoms. The molecule has 8 heteroatoms. The van der Waals surface area contributed by atoms with Gasteiger partial charge in [0.2, 0.25) is 10.0 Å². The number of amides is 1. The van der Waals surface area contributed by atoms with Crippen molar-refractivity contribution in [2.75, 3.05) is 32.8 Å². The summed E-state index contributed by atoms with van der Waals surface area (Å²) in [5.41, 5.74) is 2.13. The highest BCUT2D eigenvalue weighted by atomic mass is 32.2. The summed E-state index contributed by atoms with van der Waals surface area (Å²) >= 11 is 0. The molecule has 0 aliphatic carbocycles. The maximum atomic E-state index is 12.5. The minimum atomic E-state index is -3.42. The Bertz CT molecular complexity index is 968. The number of rotatable bonds is 9. The Kier molecular flexibility index (Phi) is 7.33. The van der Waals surface area contributed by atoms with Crippen LogP contribution in [-0.4, -0.2) is 51.5 Å². The van der Waals surface area contributed by atoms with Crippen molar-refractivity contribution in [1.29, 1.82) is 0 Å². The summed E-state index contributed by atoms with van der Waals surface area (Å²) in [6.45, 7) is 5.63. The van der Waals surface area contributed by atoms with Gasteiger partial charge in [0.25, 0.3) is 5.91 Å². The number of sulfonamides is 1. The number of carbonyl (C=O) groups excluding carboxylic acids is 1. The van der Waals surface area contributed by atoms with Crippen LogP contribution < -0.4 is 14.8 Å². The van der Waals surface area contributed by atoms with Gasteiger partial charge in [0.15, 0.2) is 6.61 Å². The van der Waals surface area contributed by atoms with E-state index in [1.807, 2.05) is 32.0 Å². The second-order valence-corrected chi connectivity index (χ2v) is 9.28. The molecule has 162 valence electrons. The third-order valence-electron chi connectivity index (χ3n) is 4.91. The third kappa shape index (κ3) is 5.73. The van der Waals surface area contributed by atoms with E-state index in [1.54, 1.807) is 24.3 Å². The first-order chi connectivity index (χ1) is 14.4. The van der Waals surface area contributed by atoms with Gasteiger partial charge in [0.1, 0.15) is 18.1 Å². The first-order valence-electron chi connectivity index (χ1n) is 10.1. The largest absolute Gasteiger partial charge is 0.492 e. The van der Waals surface area contributed by atoms with Gasteiger partial charge in [-0.05, 0) is 62.6 Å². The number of hydrogen-bond acceptors (Lipinski definition) is 5. The fourth-order valence-corrected chi connectivity index (χ4v) is 4.82. The Morgan fingerprint density at radius 1 is 1.03 bits per heavy atom. The molecule has 1 heterocycles. The molecular weight excluding hydrogens is 404 g/mol. The van der Waals surface area contributed by atoms with Gasteiger partial charge in [-0.15, -0.1) is 0 Å². The van der Waals surface area contributed by atoms with Crippen LogP contribution in [0.5, 0.6) is 11.5 Å². The molecule has 1 aliphatic heterocycles. The Morgan fingerprint density at radius 3 is 2.40 bits per heavy atom. The predicted molar refractivity (Wildman–Crippen MR) is 114 cm³/mol. The Hall–Kier alpha value is -2.58. The van der Waals surface area contributed by atoms with Gasteiger partial charge in [-0.25, -0.2) is 8.42 Å². The van der Waals surface area contributed by atoms with Gasteiger partial charge in [0.05, 0.1) is 11.4 Å². The van der Waals surface area contributed by atoms with Crippen molar-refractivity contribution < 1.29 is 22.7 Å². The van der Waals surface area contributed by atoms with Crippen LogP contribution in [0.25, 0.3) is 0 Å². The lowest BCUT2D eigenvalue weighted by Crippen LogP contribution is -2.32. The summed E-state index contributed by atoms with van der Waals surface area (Å²) in [5, 5.41) is 2.74. The predicted octanol–water partition coefficient (Wildman–Crippen LogP) is 2.66. The van der Waals surface area contributed by atoms with E-state index in [9.17, 15) is 13.2 Å². The molecule has 1 fully saturated rings. The molecule has 7 nitrogen and oxygen atoms in total. The first-order valence-corrected chi connectivity index (χ1v) is 11.5. The Labute approximate surface area is 178 Å². The highest BCUT2D eigenvalue weighted by Gasteiger charge is 2.26. The van der Waals surface area contributed by atoms with Gasteiger partial charge >= 0.3 is 0 Å². The Balaban J connectivity index is 1.39. The standard InChI is InChI=1S/C22H28N2O5S/c1-17-5-10-21(18(2)15-17)29-16-22(25)23-11-14-28-19-6-8-20(9-7-19)30(26,27)24-12-3-4-13-24/h5-10,15H,3-4,11-14,16H2,1-2H3,(H,23,25). The number of carbonyl (C=O) groups is 1. The molecule has 0 radical (unpaired) electrons. The smallest absolute Gasteiger partial charge is 0.258 e. The minimum absolute atomic E-state index is 0.0625. The summed E-state index contributed by atoms with van der Waals surface area (Å²) in [4.78, 5) is 12.2. The molecule has 0 saturated carbocycles. The highest BCUT2D eigenvalue weighted by Crippen LogP contribution is 2.23. The molecule has 3 rings (SSSR count). The van der Waals surface area contributed by atoms with Crippen LogP contribution >= 0.6 is 0 Å². The van der Waals surface area contributed by atoms with Crippen LogP contribution in [0, 0.1) is 13.8 Å². The zero-order valence-electron chi connectivity index (χ0n) is 17.4. The molecule has 2 aromatic carbocycles. The summed E-state index contributed by atoms with van der Waals surface area (Å²) < 4.78 is 37.7. The zero-order valence-corrected chi connectivity index (χ0v) is 18.2. The van der Waals surface area contributed by atoms with Gasteiger partial charge in [-0.3, -0.25) is 4.79 Å². The summed E-state index contributed by atoms with van der Waals surface area (Å²) in [6, 6.07) is 12.2. The third-order valence-corrected chi connectivity index (χ3v) is 6.82. The van der Waals surface area contributed by atoms with Crippen molar-refractivity contribution in [3.05, 3.63) is 53.6 Å². The van der Waals surface area contributed by atoms with Gasteiger partial charge in [-0.1, -0.05) is 17.7 Å². The van der Waals surface area contributed by atoms with Crippen molar-refractivity contribution in [1.82, 2.24) is 9.62 Å². The van der Waals surface area contributed by atoms with E-state index in [0.717, 1.165) is 24.0 Å². The minimum Gasteiger partial charge on any atom is -0.492 e. The number of nitrogens with zero attached hydrogens (tertiary/aromatic N) is 1. The maximum Gasteiger partial charge on any atom is 0.258 e. The summed E-state index contributed by atoms with van der Waals surface area (Å²) in [5.74, 6) is 1.01. The average molecular weight is 433 g/mol. The van der Waals surface area contributed by atoms with Crippen molar-refractivity contribution in [2.45, 2.75) is 31.6 Å². The lowest BCUT2D eigenvalue weighted by Gasteiger charge is -2.15. The van der Waals surface area contributed by atoms with Gasteiger partial charge in [0, 0.05) is 13.1 Å². The number of aryl methyl sites for hydroxylation is 2. The quantitative estimate of drug-likeness (QED) is 0.616. The van der Waals surface area contributed by atoms with Crippen molar-refractivity contribution in [2.24, 2.45) is 0 Å². The molecule has 0 unspecified atom stereocenters. The van der Waals surface area contributed by atoms with Crippen molar-refractivity contribution in [3.8, 4) is 11.5 Å². The summed E-state index contributed by atoms with van der Waals surface area (Å²) in [6.07, 6.45) is 1.81. The van der Waals surface area contributed by atoms with E-state index in [-0.39, 0.29) is 24.0 Å². The van der Waals surface area contributed by atoms with Crippen LogP contribution in [0.3, 0.4) is 0 Å². The molecule has 1 aliphatic rings. The molecular formula is C22H28N2O5S. The van der Waals surface area contributed by atoms with Crippen LogP contribution in [0.4, 0.5) is 0 Å². The molecule has 30 heavy (non-hydrogen) atoms. The van der Waals surface area contributed by atoms with Crippen molar-refractivity contribution in [3.63, 3.8) is 0 Å². The molecule has 2 aromatic rings. The molecule has 0 spiro atoms. The lowest BCUT2D eigenvalue weighted by molar-refractivity contribution is -0.123. The van der Waals surface area contributed by atoms with Gasteiger partial charge < -0.3 is 14.8 Å². The normalized spacial score (nSPS) is 14.5. The monoisotopic (exact) mass is 432 g/mol. The first kappa shape index (κ1) is 22.1. The fourth-order valence-electron chi connectivity index (χ4n) is 3.30. The zero-order chi connectivity index (χ0) is 21.6. The number of nitrogens with one attached hydrogen (secondary N) is 1. The maximum absolute atomic E-state index is 12.5. The highest BCUT2D eigenvalue weighted by molar-refractivity contribution is 7.89. The van der Waals surface area contributed by atoms with Crippen LogP contribution in [0.2, 0.25) is 0 Å². The van der Waals surface area contributed by atoms with Crippen molar-refractivity contribution >= 4 is 15.9 Å². The average Bonchev–Trinajstić information content (AvgIpc) is 3.27. The van der Waals surface area contributed by atoms with E-state index in [4.69, 9.17) is 9.47 Å². The molecule has 0 atom stereocenters. The van der Waals surface area contributed by atoms with Crippen LogP contribution in [0.1, 0.15) is 24.0 Å². The van der Waals surface area contributed by atoms with Gasteiger partial charge in [-0.2, -0.15) is 4.31 Å². The second kappa shape index (κ2) is 9.95. The lowest BCUT2D eigenvalue weighted by atomic mass is 10.1.